The third-order valence-corrected chi connectivity index (χ3v) is 2.46. The lowest BCUT2D eigenvalue weighted by Gasteiger charge is -2.09. The molecule has 0 atom stereocenters. The van der Waals surface area contributed by atoms with Crippen LogP contribution in [0.5, 0.6) is 0 Å². The van der Waals surface area contributed by atoms with Crippen LogP contribution in [0.15, 0.2) is 24.5 Å². The van der Waals surface area contributed by atoms with Crippen LogP contribution in [0, 0.1) is 6.92 Å². The Morgan fingerprint density at radius 2 is 2.24 bits per heavy atom. The second-order valence-corrected chi connectivity index (χ2v) is 3.89. The van der Waals surface area contributed by atoms with Gasteiger partial charge in [0, 0.05) is 18.9 Å². The minimum atomic E-state index is 0.186. The summed E-state index contributed by atoms with van der Waals surface area (Å²) in [6.45, 7) is 2.38. The molecule has 2 aromatic rings. The fourth-order valence-electron chi connectivity index (χ4n) is 1.37. The first-order chi connectivity index (χ1) is 8.16. The number of rotatable bonds is 3. The number of hydrogen-bond acceptors (Lipinski definition) is 5. The molecule has 6 heteroatoms. The first kappa shape index (κ1) is 11.6. The smallest absolute Gasteiger partial charge is 0.224 e. The van der Waals surface area contributed by atoms with Crippen molar-refractivity contribution in [2.24, 2.45) is 0 Å². The number of aromatic nitrogens is 3. The molecule has 17 heavy (non-hydrogen) atoms. The SMILES string of the molecule is Cc1nc(Cl)nc(NCc2cccnc2)c1N. The van der Waals surface area contributed by atoms with E-state index in [9.17, 15) is 0 Å². The Morgan fingerprint density at radius 1 is 1.41 bits per heavy atom. The van der Waals surface area contributed by atoms with Crippen LogP contribution in [0.1, 0.15) is 11.3 Å². The molecule has 0 spiro atoms. The van der Waals surface area contributed by atoms with E-state index in [2.05, 4.69) is 20.3 Å². The van der Waals surface area contributed by atoms with Crippen molar-refractivity contribution in [2.75, 3.05) is 11.1 Å². The van der Waals surface area contributed by atoms with Crippen molar-refractivity contribution in [3.05, 3.63) is 41.1 Å². The number of pyridine rings is 1. The van der Waals surface area contributed by atoms with Gasteiger partial charge in [0.1, 0.15) is 0 Å². The quantitative estimate of drug-likeness (QED) is 0.814. The summed E-state index contributed by atoms with van der Waals surface area (Å²) in [5, 5.41) is 3.30. The van der Waals surface area contributed by atoms with E-state index in [0.29, 0.717) is 23.7 Å². The molecule has 0 saturated carbocycles. The number of nitrogens with two attached hydrogens (primary N) is 1. The first-order valence-corrected chi connectivity index (χ1v) is 5.47. The molecular formula is C11H12ClN5. The molecule has 0 aromatic carbocycles. The third kappa shape index (κ3) is 2.82. The Balaban J connectivity index is 2.14. The number of anilines is 2. The van der Waals surface area contributed by atoms with Crippen LogP contribution in [0.4, 0.5) is 11.5 Å². The fraction of sp³-hybridized carbons (Fsp3) is 0.182. The zero-order valence-corrected chi connectivity index (χ0v) is 10.1. The van der Waals surface area contributed by atoms with Crippen molar-refractivity contribution in [2.45, 2.75) is 13.5 Å². The van der Waals surface area contributed by atoms with Crippen molar-refractivity contribution < 1.29 is 0 Å². The van der Waals surface area contributed by atoms with E-state index in [1.807, 2.05) is 12.1 Å². The summed E-state index contributed by atoms with van der Waals surface area (Å²) in [4.78, 5) is 12.0. The van der Waals surface area contributed by atoms with Gasteiger partial charge in [-0.25, -0.2) is 4.98 Å². The average molecular weight is 250 g/mol. The molecule has 0 radical (unpaired) electrons. The summed E-state index contributed by atoms with van der Waals surface area (Å²) >= 11 is 5.77. The lowest BCUT2D eigenvalue weighted by Crippen LogP contribution is -2.07. The monoisotopic (exact) mass is 249 g/mol. The summed E-state index contributed by atoms with van der Waals surface area (Å²) in [6.07, 6.45) is 3.50. The molecule has 0 saturated heterocycles. The molecule has 2 aromatic heterocycles. The van der Waals surface area contributed by atoms with Crippen molar-refractivity contribution >= 4 is 23.1 Å². The predicted molar refractivity (Wildman–Crippen MR) is 67.8 cm³/mol. The summed E-state index contributed by atoms with van der Waals surface area (Å²) in [5.41, 5.74) is 8.07. The van der Waals surface area contributed by atoms with Crippen LogP contribution in [0.2, 0.25) is 5.28 Å². The van der Waals surface area contributed by atoms with Gasteiger partial charge in [-0.1, -0.05) is 6.07 Å². The van der Waals surface area contributed by atoms with Gasteiger partial charge in [-0.05, 0) is 30.2 Å². The van der Waals surface area contributed by atoms with Crippen molar-refractivity contribution in [1.82, 2.24) is 15.0 Å². The van der Waals surface area contributed by atoms with Gasteiger partial charge in [0.15, 0.2) is 5.82 Å². The highest BCUT2D eigenvalue weighted by Crippen LogP contribution is 2.20. The molecular weight excluding hydrogens is 238 g/mol. The molecule has 2 rings (SSSR count). The number of nitrogen functional groups attached to an aromatic ring is 1. The zero-order chi connectivity index (χ0) is 12.3. The maximum Gasteiger partial charge on any atom is 0.224 e. The van der Waals surface area contributed by atoms with E-state index in [0.717, 1.165) is 5.56 Å². The molecule has 2 heterocycles. The summed E-state index contributed by atoms with van der Waals surface area (Å²) in [5.74, 6) is 0.548. The normalized spacial score (nSPS) is 10.2. The Kier molecular flexibility index (Phi) is 3.39. The van der Waals surface area contributed by atoms with Gasteiger partial charge in [-0.15, -0.1) is 0 Å². The molecule has 0 fully saturated rings. The topological polar surface area (TPSA) is 76.7 Å². The molecule has 0 aliphatic carbocycles. The van der Waals surface area contributed by atoms with Gasteiger partial charge in [-0.3, -0.25) is 4.98 Å². The predicted octanol–water partition coefficient (Wildman–Crippen LogP) is 2.03. The number of halogens is 1. The maximum absolute atomic E-state index is 5.85. The van der Waals surface area contributed by atoms with Crippen LogP contribution in [-0.4, -0.2) is 15.0 Å². The van der Waals surface area contributed by atoms with Crippen LogP contribution < -0.4 is 11.1 Å². The Labute approximate surface area is 104 Å². The summed E-state index contributed by atoms with van der Waals surface area (Å²) < 4.78 is 0. The average Bonchev–Trinajstić information content (AvgIpc) is 2.33. The van der Waals surface area contributed by atoms with E-state index < -0.39 is 0 Å². The zero-order valence-electron chi connectivity index (χ0n) is 9.31. The van der Waals surface area contributed by atoms with Gasteiger partial charge < -0.3 is 11.1 Å². The molecule has 5 nitrogen and oxygen atoms in total. The minimum Gasteiger partial charge on any atom is -0.394 e. The number of nitrogens with one attached hydrogen (secondary N) is 1. The largest absolute Gasteiger partial charge is 0.394 e. The van der Waals surface area contributed by atoms with Gasteiger partial charge >= 0.3 is 0 Å². The molecule has 0 aliphatic heterocycles. The standard InChI is InChI=1S/C11H12ClN5/c1-7-9(13)10(17-11(12)16-7)15-6-8-3-2-4-14-5-8/h2-5H,6,13H2,1H3,(H,15,16,17). The summed E-state index contributed by atoms with van der Waals surface area (Å²) in [7, 11) is 0. The lowest BCUT2D eigenvalue weighted by atomic mass is 10.3. The highest BCUT2D eigenvalue weighted by atomic mass is 35.5. The van der Waals surface area contributed by atoms with Crippen LogP contribution in [-0.2, 0) is 6.54 Å². The van der Waals surface area contributed by atoms with Crippen molar-refractivity contribution in [3.8, 4) is 0 Å². The second kappa shape index (κ2) is 4.97. The molecule has 88 valence electrons. The van der Waals surface area contributed by atoms with Crippen LogP contribution >= 0.6 is 11.6 Å². The number of aryl methyl sites for hydroxylation is 1. The second-order valence-electron chi connectivity index (χ2n) is 3.56. The molecule has 0 unspecified atom stereocenters. The highest BCUT2D eigenvalue weighted by Gasteiger charge is 2.07. The van der Waals surface area contributed by atoms with Gasteiger partial charge in [0.05, 0.1) is 11.4 Å². The van der Waals surface area contributed by atoms with Crippen LogP contribution in [0.3, 0.4) is 0 Å². The molecule has 0 amide bonds. The van der Waals surface area contributed by atoms with E-state index in [1.54, 1.807) is 19.3 Å². The highest BCUT2D eigenvalue weighted by molar-refractivity contribution is 6.28. The molecule has 0 aliphatic rings. The third-order valence-electron chi connectivity index (χ3n) is 2.29. The Morgan fingerprint density at radius 3 is 2.94 bits per heavy atom. The summed E-state index contributed by atoms with van der Waals surface area (Å²) in [6, 6.07) is 3.84. The van der Waals surface area contributed by atoms with E-state index in [1.165, 1.54) is 0 Å². The van der Waals surface area contributed by atoms with Crippen LogP contribution in [0.25, 0.3) is 0 Å². The van der Waals surface area contributed by atoms with Crippen molar-refractivity contribution in [3.63, 3.8) is 0 Å². The lowest BCUT2D eigenvalue weighted by molar-refractivity contribution is 1.05. The van der Waals surface area contributed by atoms with Gasteiger partial charge in [-0.2, -0.15) is 4.98 Å². The van der Waals surface area contributed by atoms with Crippen molar-refractivity contribution in [1.29, 1.82) is 0 Å². The van der Waals surface area contributed by atoms with Gasteiger partial charge in [0.2, 0.25) is 5.28 Å². The molecule has 3 N–H and O–H groups in total. The van der Waals surface area contributed by atoms with E-state index in [-0.39, 0.29) is 5.28 Å². The Bertz CT molecular complexity index is 515. The van der Waals surface area contributed by atoms with E-state index in [4.69, 9.17) is 17.3 Å². The Hall–Kier alpha value is -1.88. The minimum absolute atomic E-state index is 0.186. The van der Waals surface area contributed by atoms with E-state index >= 15 is 0 Å². The number of hydrogen-bond donors (Lipinski definition) is 2. The fourth-order valence-corrected chi connectivity index (χ4v) is 1.58. The number of nitrogens with zero attached hydrogens (tertiary/aromatic N) is 3. The maximum atomic E-state index is 5.85. The first-order valence-electron chi connectivity index (χ1n) is 5.09. The van der Waals surface area contributed by atoms with Gasteiger partial charge in [0.25, 0.3) is 0 Å². The molecule has 0 bridgehead atoms.